The number of methoxy groups -OCH3 is 1. The van der Waals surface area contributed by atoms with Gasteiger partial charge in [-0.2, -0.15) is 4.98 Å². The minimum atomic E-state index is 0.0136. The van der Waals surface area contributed by atoms with Crippen molar-refractivity contribution in [3.05, 3.63) is 54.1 Å². The molecule has 1 unspecified atom stereocenters. The second kappa shape index (κ2) is 11.0. The number of nitrogens with zero attached hydrogens (tertiary/aromatic N) is 4. The first-order chi connectivity index (χ1) is 17.6. The fourth-order valence-electron chi connectivity index (χ4n) is 5.01. The highest BCUT2D eigenvalue weighted by Gasteiger charge is 2.29. The van der Waals surface area contributed by atoms with Crippen molar-refractivity contribution >= 4 is 11.9 Å². The number of hydrogen-bond acceptors (Lipinski definition) is 8. The maximum absolute atomic E-state index is 12.8. The van der Waals surface area contributed by atoms with Gasteiger partial charge < -0.3 is 24.6 Å². The molecule has 0 aliphatic carbocycles. The van der Waals surface area contributed by atoms with E-state index in [0.29, 0.717) is 36.6 Å². The lowest BCUT2D eigenvalue weighted by atomic mass is 9.96. The molecule has 0 radical (unpaired) electrons. The summed E-state index contributed by atoms with van der Waals surface area (Å²) in [5.41, 5.74) is 2.07. The number of piperidine rings is 1. The number of benzene rings is 2. The van der Waals surface area contributed by atoms with E-state index in [-0.39, 0.29) is 11.8 Å². The van der Waals surface area contributed by atoms with Crippen LogP contribution in [0.3, 0.4) is 0 Å². The van der Waals surface area contributed by atoms with Gasteiger partial charge in [0.2, 0.25) is 11.7 Å². The van der Waals surface area contributed by atoms with Crippen LogP contribution in [0.1, 0.15) is 24.8 Å². The number of phenols is 1. The number of aromatic nitrogens is 2. The third kappa shape index (κ3) is 5.79. The molecule has 0 bridgehead atoms. The summed E-state index contributed by atoms with van der Waals surface area (Å²) >= 11 is 0. The molecule has 5 rings (SSSR count). The number of phenolic OH excluding ortho intramolecular Hbond substituents is 1. The first-order valence-electron chi connectivity index (χ1n) is 12.6. The third-order valence-corrected chi connectivity index (χ3v) is 7.18. The van der Waals surface area contributed by atoms with Crippen LogP contribution in [0.5, 0.6) is 11.5 Å². The average Bonchev–Trinajstić information content (AvgIpc) is 3.59. The number of carbonyl (C=O) groups excluding carboxylic acids is 1. The lowest BCUT2D eigenvalue weighted by Crippen LogP contribution is -2.42. The minimum absolute atomic E-state index is 0.0136. The number of likely N-dealkylation sites (tertiary alicyclic amines) is 1. The van der Waals surface area contributed by atoms with Crippen LogP contribution in [-0.4, -0.2) is 65.9 Å². The number of carbonyl (C=O) groups is 1. The Balaban J connectivity index is 1.04. The van der Waals surface area contributed by atoms with Crippen LogP contribution < -0.4 is 15.0 Å². The van der Waals surface area contributed by atoms with Crippen molar-refractivity contribution < 1.29 is 19.2 Å². The highest BCUT2D eigenvalue weighted by atomic mass is 16.5. The van der Waals surface area contributed by atoms with Crippen molar-refractivity contribution in [1.82, 2.24) is 20.4 Å². The Morgan fingerprint density at radius 1 is 1.08 bits per heavy atom. The summed E-state index contributed by atoms with van der Waals surface area (Å²) in [6, 6.07) is 15.4. The quantitative estimate of drug-likeness (QED) is 0.495. The summed E-state index contributed by atoms with van der Waals surface area (Å²) in [4.78, 5) is 21.8. The van der Waals surface area contributed by atoms with Crippen molar-refractivity contribution in [2.45, 2.75) is 25.8 Å². The molecule has 9 heteroatoms. The van der Waals surface area contributed by atoms with E-state index in [4.69, 9.17) is 9.26 Å². The summed E-state index contributed by atoms with van der Waals surface area (Å²) in [6.07, 6.45) is 2.62. The van der Waals surface area contributed by atoms with E-state index in [9.17, 15) is 9.90 Å². The number of hydrogen-bond donors (Lipinski definition) is 2. The molecule has 2 fully saturated rings. The molecule has 1 aromatic heterocycles. The molecule has 2 N–H and O–H groups in total. The largest absolute Gasteiger partial charge is 0.508 e. The fourth-order valence-corrected chi connectivity index (χ4v) is 5.01. The van der Waals surface area contributed by atoms with Crippen LogP contribution in [0, 0.1) is 11.8 Å². The summed E-state index contributed by atoms with van der Waals surface area (Å²) < 4.78 is 10.7. The van der Waals surface area contributed by atoms with Crippen LogP contribution >= 0.6 is 0 Å². The normalized spacial score (nSPS) is 18.9. The van der Waals surface area contributed by atoms with Crippen LogP contribution in [-0.2, 0) is 11.3 Å². The molecule has 36 heavy (non-hydrogen) atoms. The Labute approximate surface area is 211 Å². The Morgan fingerprint density at radius 2 is 1.83 bits per heavy atom. The predicted molar refractivity (Wildman–Crippen MR) is 136 cm³/mol. The Kier molecular flexibility index (Phi) is 7.36. The molecule has 1 amide bonds. The standard InChI is InChI=1S/C27H33N5O4/c1-35-24-8-4-21(5-9-24)25-29-27(36-30-25)32-14-11-22(12-15-32)26(34)28-16-20-10-13-31(18-20)17-19-2-6-23(33)7-3-19/h2-9,20,22,33H,10-18H2,1H3,(H,28,34). The van der Waals surface area contributed by atoms with Crippen molar-refractivity contribution in [1.29, 1.82) is 0 Å². The summed E-state index contributed by atoms with van der Waals surface area (Å²) in [5, 5.41) is 16.8. The van der Waals surface area contributed by atoms with Gasteiger partial charge in [-0.15, -0.1) is 0 Å². The van der Waals surface area contributed by atoms with Gasteiger partial charge in [-0.1, -0.05) is 17.3 Å². The van der Waals surface area contributed by atoms with Crippen LogP contribution in [0.15, 0.2) is 53.1 Å². The van der Waals surface area contributed by atoms with Crippen LogP contribution in [0.25, 0.3) is 11.4 Å². The van der Waals surface area contributed by atoms with E-state index in [0.717, 1.165) is 56.8 Å². The molecule has 2 aliphatic rings. The molecular weight excluding hydrogens is 458 g/mol. The molecule has 0 spiro atoms. The van der Waals surface area contributed by atoms with E-state index in [1.165, 1.54) is 5.56 Å². The molecule has 190 valence electrons. The average molecular weight is 492 g/mol. The van der Waals surface area contributed by atoms with Crippen LogP contribution in [0.4, 0.5) is 6.01 Å². The van der Waals surface area contributed by atoms with Gasteiger partial charge in [0, 0.05) is 44.2 Å². The molecule has 2 aromatic carbocycles. The topological polar surface area (TPSA) is 104 Å². The van der Waals surface area contributed by atoms with Crippen molar-refractivity contribution in [3.63, 3.8) is 0 Å². The van der Waals surface area contributed by atoms with Crippen molar-refractivity contribution in [3.8, 4) is 22.9 Å². The van der Waals surface area contributed by atoms with Gasteiger partial charge in [0.1, 0.15) is 11.5 Å². The van der Waals surface area contributed by atoms with Crippen molar-refractivity contribution in [2.24, 2.45) is 11.8 Å². The van der Waals surface area contributed by atoms with Gasteiger partial charge in [0.25, 0.3) is 0 Å². The monoisotopic (exact) mass is 491 g/mol. The van der Waals surface area contributed by atoms with E-state index in [2.05, 4.69) is 25.3 Å². The molecule has 1 atom stereocenters. The molecule has 2 saturated heterocycles. The van der Waals surface area contributed by atoms with Crippen LogP contribution in [0.2, 0.25) is 0 Å². The van der Waals surface area contributed by atoms with Gasteiger partial charge >= 0.3 is 6.01 Å². The zero-order valence-electron chi connectivity index (χ0n) is 20.6. The maximum Gasteiger partial charge on any atom is 0.324 e. The number of aromatic hydroxyl groups is 1. The second-order valence-electron chi connectivity index (χ2n) is 9.69. The molecule has 9 nitrogen and oxygen atoms in total. The summed E-state index contributed by atoms with van der Waals surface area (Å²) in [7, 11) is 1.63. The Morgan fingerprint density at radius 3 is 2.56 bits per heavy atom. The van der Waals surface area contributed by atoms with E-state index < -0.39 is 0 Å². The SMILES string of the molecule is COc1ccc(-c2noc(N3CCC(C(=O)NCC4CCN(Cc5ccc(O)cc5)C4)CC3)n2)cc1. The van der Waals surface area contributed by atoms with E-state index >= 15 is 0 Å². The lowest BCUT2D eigenvalue weighted by molar-refractivity contribution is -0.125. The zero-order valence-corrected chi connectivity index (χ0v) is 20.6. The summed E-state index contributed by atoms with van der Waals surface area (Å²) in [6.45, 7) is 5.03. The first-order valence-corrected chi connectivity index (χ1v) is 12.6. The highest BCUT2D eigenvalue weighted by Crippen LogP contribution is 2.26. The van der Waals surface area contributed by atoms with Gasteiger partial charge in [-0.05, 0) is 73.7 Å². The van der Waals surface area contributed by atoms with Crippen molar-refractivity contribution in [2.75, 3.05) is 44.7 Å². The number of anilines is 1. The first kappa shape index (κ1) is 24.1. The number of rotatable bonds is 8. The summed E-state index contributed by atoms with van der Waals surface area (Å²) in [5.74, 6) is 2.25. The Hall–Kier alpha value is -3.59. The maximum atomic E-state index is 12.8. The predicted octanol–water partition coefficient (Wildman–Crippen LogP) is 3.31. The molecule has 0 saturated carbocycles. The minimum Gasteiger partial charge on any atom is -0.508 e. The Bertz CT molecular complexity index is 1140. The fraction of sp³-hybridized carbons (Fsp3) is 0.444. The van der Waals surface area contributed by atoms with Gasteiger partial charge in [-0.25, -0.2) is 0 Å². The van der Waals surface area contributed by atoms with Gasteiger partial charge in [0.15, 0.2) is 0 Å². The highest BCUT2D eigenvalue weighted by molar-refractivity contribution is 5.79. The zero-order chi connectivity index (χ0) is 24.9. The smallest absolute Gasteiger partial charge is 0.324 e. The number of amides is 1. The van der Waals surface area contributed by atoms with E-state index in [1.807, 2.05) is 36.4 Å². The molecular formula is C27H33N5O4. The van der Waals surface area contributed by atoms with E-state index in [1.54, 1.807) is 19.2 Å². The lowest BCUT2D eigenvalue weighted by Gasteiger charge is -2.30. The third-order valence-electron chi connectivity index (χ3n) is 7.18. The molecule has 3 heterocycles. The second-order valence-corrected chi connectivity index (χ2v) is 9.69. The number of ether oxygens (including phenoxy) is 1. The van der Waals surface area contributed by atoms with Gasteiger partial charge in [0.05, 0.1) is 7.11 Å². The number of nitrogens with one attached hydrogen (secondary N) is 1. The molecule has 3 aromatic rings. The molecule has 2 aliphatic heterocycles. The van der Waals surface area contributed by atoms with Gasteiger partial charge in [-0.3, -0.25) is 9.69 Å².